The molecule has 92 valence electrons. The Balaban J connectivity index is 2.26. The van der Waals surface area contributed by atoms with Crippen LogP contribution in [-0.2, 0) is 4.79 Å². The summed E-state index contributed by atoms with van der Waals surface area (Å²) in [5, 5.41) is 0.598. The van der Waals surface area contributed by atoms with Gasteiger partial charge in [0.15, 0.2) is 0 Å². The molecular formula is C12H16ClN3O. The van der Waals surface area contributed by atoms with E-state index < -0.39 is 0 Å². The van der Waals surface area contributed by atoms with Crippen LogP contribution in [-0.4, -0.2) is 43.5 Å². The van der Waals surface area contributed by atoms with E-state index in [9.17, 15) is 4.79 Å². The zero-order chi connectivity index (χ0) is 12.4. The number of para-hydroxylation sites is 1. The smallest absolute Gasteiger partial charge is 0.241 e. The molecule has 1 aromatic rings. The number of rotatable bonds is 2. The van der Waals surface area contributed by atoms with Crippen molar-refractivity contribution in [3.8, 4) is 0 Å². The maximum absolute atomic E-state index is 12.0. The van der Waals surface area contributed by atoms with Gasteiger partial charge in [0.25, 0.3) is 0 Å². The van der Waals surface area contributed by atoms with Crippen LogP contribution in [0.25, 0.3) is 0 Å². The number of likely N-dealkylation sites (N-methyl/N-ethyl adjacent to an activating group) is 1. The van der Waals surface area contributed by atoms with Gasteiger partial charge in [-0.05, 0) is 19.2 Å². The number of halogens is 1. The Kier molecular flexibility index (Phi) is 3.66. The molecule has 1 aliphatic heterocycles. The summed E-state index contributed by atoms with van der Waals surface area (Å²) in [5.74, 6) is 0.0605. The zero-order valence-corrected chi connectivity index (χ0v) is 10.5. The van der Waals surface area contributed by atoms with E-state index in [1.165, 1.54) is 0 Å². The lowest BCUT2D eigenvalue weighted by atomic mass is 10.1. The second-order valence-electron chi connectivity index (χ2n) is 4.26. The van der Waals surface area contributed by atoms with Crippen LogP contribution >= 0.6 is 11.6 Å². The SMILES string of the molecule is CN1CC(=O)N(c2ccccc2Cl)CC1CN. The largest absolute Gasteiger partial charge is 0.329 e. The van der Waals surface area contributed by atoms with Crippen LogP contribution in [0.5, 0.6) is 0 Å². The second-order valence-corrected chi connectivity index (χ2v) is 4.67. The molecule has 1 fully saturated rings. The number of anilines is 1. The van der Waals surface area contributed by atoms with Gasteiger partial charge in [-0.1, -0.05) is 23.7 Å². The summed E-state index contributed by atoms with van der Waals surface area (Å²) in [7, 11) is 1.92. The number of carbonyl (C=O) groups excluding carboxylic acids is 1. The molecule has 1 aromatic carbocycles. The third-order valence-electron chi connectivity index (χ3n) is 3.12. The second kappa shape index (κ2) is 5.04. The van der Waals surface area contributed by atoms with Crippen LogP contribution in [0, 0.1) is 0 Å². The summed E-state index contributed by atoms with van der Waals surface area (Å²) in [6.07, 6.45) is 0. The first kappa shape index (κ1) is 12.4. The molecule has 5 heteroatoms. The predicted octanol–water partition coefficient (Wildman–Crippen LogP) is 0.946. The molecule has 1 atom stereocenters. The van der Waals surface area contributed by atoms with Gasteiger partial charge in [0.2, 0.25) is 5.91 Å². The highest BCUT2D eigenvalue weighted by Crippen LogP contribution is 2.27. The highest BCUT2D eigenvalue weighted by molar-refractivity contribution is 6.33. The number of hydrogen-bond donors (Lipinski definition) is 1. The maximum atomic E-state index is 12.0. The summed E-state index contributed by atoms with van der Waals surface area (Å²) in [5.41, 5.74) is 6.47. The fraction of sp³-hybridized carbons (Fsp3) is 0.417. The molecule has 17 heavy (non-hydrogen) atoms. The summed E-state index contributed by atoms with van der Waals surface area (Å²) in [4.78, 5) is 15.7. The van der Waals surface area contributed by atoms with Crippen molar-refractivity contribution in [2.24, 2.45) is 5.73 Å². The third-order valence-corrected chi connectivity index (χ3v) is 3.44. The molecule has 0 saturated carbocycles. The van der Waals surface area contributed by atoms with E-state index in [1.54, 1.807) is 11.0 Å². The molecular weight excluding hydrogens is 238 g/mol. The first-order valence-corrected chi connectivity index (χ1v) is 5.96. The molecule has 1 saturated heterocycles. The van der Waals surface area contributed by atoms with Gasteiger partial charge >= 0.3 is 0 Å². The van der Waals surface area contributed by atoms with Gasteiger partial charge < -0.3 is 10.6 Å². The Morgan fingerprint density at radius 2 is 2.18 bits per heavy atom. The average molecular weight is 254 g/mol. The third kappa shape index (κ3) is 2.44. The molecule has 0 aromatic heterocycles. The molecule has 1 unspecified atom stereocenters. The summed E-state index contributed by atoms with van der Waals surface area (Å²) in [6.45, 7) is 1.51. The number of amides is 1. The fourth-order valence-corrected chi connectivity index (χ4v) is 2.28. The molecule has 0 radical (unpaired) electrons. The van der Waals surface area contributed by atoms with Crippen molar-refractivity contribution in [3.05, 3.63) is 29.3 Å². The molecule has 1 aliphatic rings. The van der Waals surface area contributed by atoms with Gasteiger partial charge in [-0.2, -0.15) is 0 Å². The van der Waals surface area contributed by atoms with Crippen LogP contribution in [0.2, 0.25) is 5.02 Å². The number of nitrogens with two attached hydrogens (primary N) is 1. The van der Waals surface area contributed by atoms with Crippen molar-refractivity contribution >= 4 is 23.2 Å². The van der Waals surface area contributed by atoms with Crippen molar-refractivity contribution in [2.75, 3.05) is 31.6 Å². The minimum absolute atomic E-state index is 0.0605. The van der Waals surface area contributed by atoms with E-state index >= 15 is 0 Å². The number of piperazine rings is 1. The Labute approximate surface area is 106 Å². The van der Waals surface area contributed by atoms with Crippen molar-refractivity contribution in [3.63, 3.8) is 0 Å². The molecule has 0 aliphatic carbocycles. The van der Waals surface area contributed by atoms with Gasteiger partial charge in [0.05, 0.1) is 17.3 Å². The quantitative estimate of drug-likeness (QED) is 0.854. The normalized spacial score (nSPS) is 21.9. The Hall–Kier alpha value is -1.10. The van der Waals surface area contributed by atoms with E-state index in [4.69, 9.17) is 17.3 Å². The average Bonchev–Trinajstić information content (AvgIpc) is 2.31. The summed E-state index contributed by atoms with van der Waals surface area (Å²) < 4.78 is 0. The van der Waals surface area contributed by atoms with Gasteiger partial charge in [0, 0.05) is 19.1 Å². The van der Waals surface area contributed by atoms with Crippen molar-refractivity contribution in [1.82, 2.24) is 4.90 Å². The van der Waals surface area contributed by atoms with Gasteiger partial charge in [-0.3, -0.25) is 9.69 Å². The molecule has 0 bridgehead atoms. The molecule has 1 heterocycles. The molecule has 2 N–H and O–H groups in total. The van der Waals surface area contributed by atoms with Crippen LogP contribution < -0.4 is 10.6 Å². The number of hydrogen-bond acceptors (Lipinski definition) is 3. The van der Waals surface area contributed by atoms with Gasteiger partial charge in [-0.15, -0.1) is 0 Å². The fourth-order valence-electron chi connectivity index (χ4n) is 2.04. The van der Waals surface area contributed by atoms with Crippen LogP contribution in [0.15, 0.2) is 24.3 Å². The summed E-state index contributed by atoms with van der Waals surface area (Å²) >= 11 is 6.11. The maximum Gasteiger partial charge on any atom is 0.241 e. The Morgan fingerprint density at radius 3 is 2.82 bits per heavy atom. The molecule has 2 rings (SSSR count). The Bertz CT molecular complexity index is 424. The van der Waals surface area contributed by atoms with E-state index in [1.807, 2.05) is 30.1 Å². The Morgan fingerprint density at radius 1 is 1.47 bits per heavy atom. The number of nitrogens with zero attached hydrogens (tertiary/aromatic N) is 2. The minimum atomic E-state index is 0.0605. The summed E-state index contributed by atoms with van der Waals surface area (Å²) in [6, 6.07) is 7.57. The molecule has 1 amide bonds. The predicted molar refractivity (Wildman–Crippen MR) is 69.3 cm³/mol. The highest BCUT2D eigenvalue weighted by Gasteiger charge is 2.30. The van der Waals surface area contributed by atoms with Gasteiger partial charge in [0.1, 0.15) is 0 Å². The first-order chi connectivity index (χ1) is 8.13. The molecule has 0 spiro atoms. The standard InChI is InChI=1S/C12H16ClN3O/c1-15-8-12(17)16(7-9(15)6-14)11-5-3-2-4-10(11)13/h2-5,9H,6-8,14H2,1H3. The zero-order valence-electron chi connectivity index (χ0n) is 9.77. The van der Waals surface area contributed by atoms with E-state index in [0.29, 0.717) is 24.7 Å². The number of carbonyl (C=O) groups is 1. The van der Waals surface area contributed by atoms with Crippen molar-refractivity contribution in [2.45, 2.75) is 6.04 Å². The van der Waals surface area contributed by atoms with E-state index in [2.05, 4.69) is 0 Å². The topological polar surface area (TPSA) is 49.6 Å². The minimum Gasteiger partial charge on any atom is -0.329 e. The van der Waals surface area contributed by atoms with Gasteiger partial charge in [-0.25, -0.2) is 0 Å². The van der Waals surface area contributed by atoms with Crippen molar-refractivity contribution < 1.29 is 4.79 Å². The lowest BCUT2D eigenvalue weighted by molar-refractivity contribution is -0.121. The van der Waals surface area contributed by atoms with Crippen molar-refractivity contribution in [1.29, 1.82) is 0 Å². The lowest BCUT2D eigenvalue weighted by Crippen LogP contribution is -2.57. The highest BCUT2D eigenvalue weighted by atomic mass is 35.5. The van der Waals surface area contributed by atoms with E-state index in [-0.39, 0.29) is 11.9 Å². The van der Waals surface area contributed by atoms with Crippen LogP contribution in [0.1, 0.15) is 0 Å². The van der Waals surface area contributed by atoms with Crippen LogP contribution in [0.3, 0.4) is 0 Å². The first-order valence-electron chi connectivity index (χ1n) is 5.58. The molecule has 4 nitrogen and oxygen atoms in total. The number of benzene rings is 1. The van der Waals surface area contributed by atoms with E-state index in [0.717, 1.165) is 5.69 Å². The van der Waals surface area contributed by atoms with Crippen LogP contribution in [0.4, 0.5) is 5.69 Å². The monoisotopic (exact) mass is 253 g/mol. The lowest BCUT2D eigenvalue weighted by Gasteiger charge is -2.38.